The number of hydrogen-bond donors (Lipinski definition) is 4. The van der Waals surface area contributed by atoms with Crippen molar-refractivity contribution in [1.82, 2.24) is 44.8 Å². The summed E-state index contributed by atoms with van der Waals surface area (Å²) in [5.74, 6) is 6.00. The zero-order chi connectivity index (χ0) is 61.6. The lowest BCUT2D eigenvalue weighted by atomic mass is 9.86. The van der Waals surface area contributed by atoms with Crippen LogP contribution in [0.3, 0.4) is 0 Å². The molecule has 0 saturated carbocycles. The van der Waals surface area contributed by atoms with Crippen LogP contribution in [0.15, 0.2) is 97.1 Å². The molecule has 20 heteroatoms. The van der Waals surface area contributed by atoms with Crippen molar-refractivity contribution in [3.8, 4) is 45.8 Å². The average Bonchev–Trinajstić information content (AvgIpc) is 1.83. The molecule has 2 aliphatic heterocycles. The first-order chi connectivity index (χ1) is 41.8. The molecule has 1 spiro atoms. The molecule has 1 amide bonds. The lowest BCUT2D eigenvalue weighted by Gasteiger charge is -2.31. The molecule has 1 aliphatic carbocycles. The molecule has 3 aliphatic rings. The normalized spacial score (nSPS) is 13.9. The van der Waals surface area contributed by atoms with E-state index in [1.165, 1.54) is 11.8 Å². The maximum atomic E-state index is 12.9. The number of aromatic amines is 4. The Morgan fingerprint density at radius 2 is 0.943 bits per heavy atom. The summed E-state index contributed by atoms with van der Waals surface area (Å²) in [6.07, 6.45) is -0.573. The van der Waals surface area contributed by atoms with E-state index in [9.17, 15) is 14.4 Å². The molecule has 14 rings (SSSR count). The summed E-state index contributed by atoms with van der Waals surface area (Å²) in [5, 5.41) is 5.72. The van der Waals surface area contributed by atoms with E-state index < -0.39 is 17.8 Å². The van der Waals surface area contributed by atoms with Crippen LogP contribution in [-0.2, 0) is 20.1 Å². The highest BCUT2D eigenvalue weighted by atomic mass is 16.7. The fourth-order valence-corrected chi connectivity index (χ4v) is 10.9. The fourth-order valence-electron chi connectivity index (χ4n) is 10.9. The number of amides is 1. The van der Waals surface area contributed by atoms with Crippen LogP contribution in [0.4, 0.5) is 4.79 Å². The van der Waals surface area contributed by atoms with E-state index in [4.69, 9.17) is 47.9 Å². The van der Waals surface area contributed by atoms with Crippen molar-refractivity contribution in [2.24, 2.45) is 0 Å². The number of nitrogens with one attached hydrogen (secondary N) is 4. The monoisotopic (exact) mass is 1180 g/mol. The first-order valence-electron chi connectivity index (χ1n) is 29.1. The van der Waals surface area contributed by atoms with Crippen LogP contribution in [0.1, 0.15) is 125 Å². The number of imidazole rings is 4. The summed E-state index contributed by atoms with van der Waals surface area (Å²) < 4.78 is 45.2. The van der Waals surface area contributed by atoms with Crippen LogP contribution < -0.4 is 28.4 Å². The quantitative estimate of drug-likeness (QED) is 0.0816. The van der Waals surface area contributed by atoms with E-state index >= 15 is 0 Å². The van der Waals surface area contributed by atoms with Crippen LogP contribution in [0, 0.1) is 0 Å². The smallest absolute Gasteiger partial charge is 0.414 e. The van der Waals surface area contributed by atoms with E-state index in [0.29, 0.717) is 71.8 Å². The third-order valence-corrected chi connectivity index (χ3v) is 15.2. The molecule has 450 valence electrons. The van der Waals surface area contributed by atoms with Crippen LogP contribution in [-0.4, -0.2) is 117 Å². The number of benzene rings is 7. The molecule has 6 heterocycles. The summed E-state index contributed by atoms with van der Waals surface area (Å²) in [5.41, 5.74) is 7.77. The molecule has 0 atom stereocenters. The number of nitrogens with zero attached hydrogens (tertiary/aromatic N) is 5. The van der Waals surface area contributed by atoms with Crippen molar-refractivity contribution in [3.63, 3.8) is 0 Å². The highest BCUT2D eigenvalue weighted by Crippen LogP contribution is 2.48. The molecular weight excluding hydrogens is 1110 g/mol. The molecule has 4 N–H and O–H groups in total. The van der Waals surface area contributed by atoms with E-state index in [1.807, 2.05) is 107 Å². The molecular formula is C67H71N9O11. The van der Waals surface area contributed by atoms with Gasteiger partial charge in [0.25, 0.3) is 5.79 Å². The molecule has 20 nitrogen and oxygen atoms in total. The van der Waals surface area contributed by atoms with Gasteiger partial charge in [0.2, 0.25) is 11.5 Å². The zero-order valence-electron chi connectivity index (χ0n) is 51.1. The van der Waals surface area contributed by atoms with E-state index in [2.05, 4.69) is 75.8 Å². The minimum absolute atomic E-state index is 0.149. The van der Waals surface area contributed by atoms with Gasteiger partial charge in [-0.3, -0.25) is 9.59 Å². The molecule has 87 heavy (non-hydrogen) atoms. The molecule has 1 fully saturated rings. The second kappa shape index (κ2) is 24.1. The Balaban J connectivity index is 0.000000121. The maximum absolute atomic E-state index is 12.9. The van der Waals surface area contributed by atoms with Crippen molar-refractivity contribution in [3.05, 3.63) is 132 Å². The zero-order valence-corrected chi connectivity index (χ0v) is 51.1. The van der Waals surface area contributed by atoms with E-state index in [0.717, 1.165) is 101 Å². The Kier molecular flexibility index (Phi) is 16.4. The summed E-state index contributed by atoms with van der Waals surface area (Å²) in [6, 6.07) is 31.4. The van der Waals surface area contributed by atoms with Crippen molar-refractivity contribution >= 4 is 83.3 Å². The Bertz CT molecular complexity index is 4310. The largest absolute Gasteiger partial charge is 0.492 e. The van der Waals surface area contributed by atoms with Crippen LogP contribution >= 0.6 is 0 Å². The third-order valence-electron chi connectivity index (χ3n) is 15.2. The van der Waals surface area contributed by atoms with Crippen LogP contribution in [0.2, 0.25) is 0 Å². The van der Waals surface area contributed by atoms with Gasteiger partial charge >= 0.3 is 12.1 Å². The molecule has 0 unspecified atom stereocenters. The van der Waals surface area contributed by atoms with Gasteiger partial charge in [-0.25, -0.2) is 24.7 Å². The molecule has 4 aromatic heterocycles. The SMILES string of the molecule is CC(=O)Oc1c(OC(=O)N(C)C)c2[nH]c(C(C)C)nc2c2ccccc12.CC(C)c1nc2c([nH]1)C(=O)C1(OCCO1)c1ccccc1-2.CC(C)c1nc2c([nH]1)c1c(c3ccccc32)OCCO1.COc1c(OC)c2[nH]c(C(C)C)nc2c2ccccc12. The number of ketones is 1. The first-order valence-corrected chi connectivity index (χ1v) is 29.1. The summed E-state index contributed by atoms with van der Waals surface area (Å²) in [4.78, 5) is 70.0. The minimum Gasteiger partial charge on any atom is -0.492 e. The Morgan fingerprint density at radius 1 is 0.506 bits per heavy atom. The van der Waals surface area contributed by atoms with Crippen LogP contribution in [0.5, 0.6) is 34.5 Å². The maximum Gasteiger partial charge on any atom is 0.414 e. The van der Waals surface area contributed by atoms with E-state index in [1.54, 1.807) is 28.3 Å². The lowest BCUT2D eigenvalue weighted by molar-refractivity contribution is -0.131. The number of rotatable bonds is 8. The molecule has 7 aromatic carbocycles. The van der Waals surface area contributed by atoms with Crippen LogP contribution in [0.25, 0.3) is 76.7 Å². The van der Waals surface area contributed by atoms with Gasteiger partial charge in [-0.15, -0.1) is 0 Å². The molecule has 11 aromatic rings. The van der Waals surface area contributed by atoms with Gasteiger partial charge in [0.15, 0.2) is 28.7 Å². The number of fused-ring (bicyclic) bond motifs is 16. The number of carbonyl (C=O) groups is 3. The molecule has 0 bridgehead atoms. The highest BCUT2D eigenvalue weighted by Gasteiger charge is 2.53. The number of H-pyrrole nitrogens is 4. The van der Waals surface area contributed by atoms with Gasteiger partial charge in [0.1, 0.15) is 81.0 Å². The number of esters is 1. The molecule has 1 saturated heterocycles. The molecule has 0 radical (unpaired) electrons. The topological polar surface area (TPSA) is 243 Å². The summed E-state index contributed by atoms with van der Waals surface area (Å²) >= 11 is 0. The van der Waals surface area contributed by atoms with Gasteiger partial charge in [-0.05, 0) is 0 Å². The Hall–Kier alpha value is -9.53. The van der Waals surface area contributed by atoms with Gasteiger partial charge < -0.3 is 62.7 Å². The number of ether oxygens (including phenoxy) is 8. The summed E-state index contributed by atoms with van der Waals surface area (Å²) in [7, 11) is 6.48. The van der Waals surface area contributed by atoms with E-state index in [-0.39, 0.29) is 29.1 Å². The first kappa shape index (κ1) is 59.2. The summed E-state index contributed by atoms with van der Waals surface area (Å²) in [6.45, 7) is 19.9. The number of aromatic nitrogens is 8. The van der Waals surface area contributed by atoms with Crippen molar-refractivity contribution in [1.29, 1.82) is 0 Å². The second-order valence-electron chi connectivity index (χ2n) is 22.8. The lowest BCUT2D eigenvalue weighted by Crippen LogP contribution is -2.40. The van der Waals surface area contributed by atoms with Crippen molar-refractivity contribution < 1.29 is 52.3 Å². The Labute approximate surface area is 502 Å². The third kappa shape index (κ3) is 10.8. The second-order valence-corrected chi connectivity index (χ2v) is 22.8. The van der Waals surface area contributed by atoms with Crippen molar-refractivity contribution in [2.45, 2.75) is 91.8 Å². The van der Waals surface area contributed by atoms with Gasteiger partial charge in [0, 0.05) is 88.1 Å². The minimum atomic E-state index is -1.30. The predicted molar refractivity (Wildman–Crippen MR) is 334 cm³/mol. The standard InChI is InChI=1S/C19H21N3O4.C16H16N2O3.C16H16N2O2.C16H18N2O2/c1-10(2)18-20-14-12-8-6-7-9-13(12)16(25-11(3)23)17(15(14)21-18)26-19(24)22(4)5;1-9(2)15-17-12-10-5-3-4-6-11(10)16(20-7-8-21-16)14(19)13(12)18-15;1-9(2)16-17-12-10-5-3-4-6-11(10)14-15(13(12)18-16)20-8-7-19-14;1-9(2)16-17-12-10-7-5-6-8-11(10)14(19-3)15(20-4)13(12)18-16/h6-10H,1-5H3,(H,20,21);3-6,9H,7-8H2,1-2H3,(H,17,18);3-6,9H,7-8H2,1-2H3,(H,17,18);5-9H,1-4H3,(H,17,18). The average molecular weight is 1180 g/mol. The van der Waals surface area contributed by atoms with Gasteiger partial charge in [-0.1, -0.05) is 152 Å². The van der Waals surface area contributed by atoms with Crippen molar-refractivity contribution in [2.75, 3.05) is 54.7 Å². The number of Topliss-reactive ketones (excluding diaryl/α,β-unsaturated/α-hetero) is 1. The predicted octanol–water partition coefficient (Wildman–Crippen LogP) is 13.9. The number of carbonyl (C=O) groups excluding carboxylic acids is 3. The van der Waals surface area contributed by atoms with Gasteiger partial charge in [0.05, 0.1) is 27.4 Å². The fraction of sp³-hybridized carbons (Fsp3) is 0.328. The number of methoxy groups -OCH3 is 2. The highest BCUT2D eigenvalue weighted by molar-refractivity contribution is 6.14. The number of hydrogen-bond acceptors (Lipinski definition) is 15. The Morgan fingerprint density at radius 3 is 1.46 bits per heavy atom. The van der Waals surface area contributed by atoms with Gasteiger partial charge in [-0.2, -0.15) is 0 Å².